The van der Waals surface area contributed by atoms with Crippen LogP contribution in [0.5, 0.6) is 5.75 Å². The van der Waals surface area contributed by atoms with Crippen molar-refractivity contribution in [3.8, 4) is 5.75 Å². The number of rotatable bonds is 14. The molecule has 0 aliphatic heterocycles. The molecule has 3 rings (SSSR count). The molecule has 4 heteroatoms. The van der Waals surface area contributed by atoms with Crippen LogP contribution in [-0.2, 0) is 4.74 Å². The number of benzene rings is 1. The van der Waals surface area contributed by atoms with E-state index in [-0.39, 0.29) is 12.1 Å². The molecule has 0 spiro atoms. The van der Waals surface area contributed by atoms with Gasteiger partial charge in [0, 0.05) is 0 Å². The number of carbonyl (C=O) groups excluding carboxylic acids is 1. The Morgan fingerprint density at radius 2 is 1.46 bits per heavy atom. The minimum absolute atomic E-state index is 0.0713. The monoisotopic (exact) mass is 548 g/mol. The summed E-state index contributed by atoms with van der Waals surface area (Å²) in [7, 11) is 0. The molecule has 0 saturated heterocycles. The third-order valence-electron chi connectivity index (χ3n) is 8.44. The molecule has 3 nitrogen and oxygen atoms in total. The molecule has 1 aromatic rings. The molecule has 2 aliphatic carbocycles. The number of unbranched alkanes of at least 4 members (excludes halogenated alkanes) is 6. The van der Waals surface area contributed by atoms with Crippen molar-refractivity contribution in [1.29, 1.82) is 0 Å². The maximum atomic E-state index is 12.8. The van der Waals surface area contributed by atoms with E-state index in [1.165, 1.54) is 89.9 Å². The highest BCUT2D eigenvalue weighted by atomic mass is 79.9. The molecule has 2 saturated carbocycles. The standard InChI is InChI=1S/C31H49BrO3/c1-3-5-7-8-9-10-22-34-30-21-18-27(23-29(30)32)31(33)35-28-19-16-26(17-20-28)25-14-12-24(13-15-25)11-6-4-2/h18,21,23-26,28H,3-17,19-20,22H2,1-2H3. The number of halogens is 1. The van der Waals surface area contributed by atoms with Gasteiger partial charge in [-0.15, -0.1) is 0 Å². The Labute approximate surface area is 223 Å². The van der Waals surface area contributed by atoms with Crippen molar-refractivity contribution in [2.75, 3.05) is 6.61 Å². The number of hydrogen-bond donors (Lipinski definition) is 0. The van der Waals surface area contributed by atoms with Crippen molar-refractivity contribution in [1.82, 2.24) is 0 Å². The van der Waals surface area contributed by atoms with Gasteiger partial charge in [0.05, 0.1) is 16.6 Å². The molecule has 2 aliphatic rings. The van der Waals surface area contributed by atoms with E-state index in [1.54, 1.807) is 0 Å². The Morgan fingerprint density at radius 1 is 0.829 bits per heavy atom. The van der Waals surface area contributed by atoms with Crippen molar-refractivity contribution < 1.29 is 14.3 Å². The summed E-state index contributed by atoms with van der Waals surface area (Å²) in [6.45, 7) is 5.26. The summed E-state index contributed by atoms with van der Waals surface area (Å²) in [6.07, 6.45) is 21.9. The number of ether oxygens (including phenoxy) is 2. The van der Waals surface area contributed by atoms with Gasteiger partial charge >= 0.3 is 5.97 Å². The molecule has 0 bridgehead atoms. The lowest BCUT2D eigenvalue weighted by Gasteiger charge is -2.37. The van der Waals surface area contributed by atoms with Gasteiger partial charge in [0.15, 0.2) is 0 Å². The fourth-order valence-electron chi connectivity index (χ4n) is 6.15. The second kappa shape index (κ2) is 15.9. The van der Waals surface area contributed by atoms with E-state index in [4.69, 9.17) is 9.47 Å². The van der Waals surface area contributed by atoms with Crippen LogP contribution in [0, 0.1) is 17.8 Å². The summed E-state index contributed by atoms with van der Waals surface area (Å²) in [5, 5.41) is 0. The van der Waals surface area contributed by atoms with Crippen LogP contribution in [0.1, 0.15) is 133 Å². The van der Waals surface area contributed by atoms with Gasteiger partial charge in [0.25, 0.3) is 0 Å². The molecule has 35 heavy (non-hydrogen) atoms. The number of carbonyl (C=O) groups is 1. The zero-order valence-corrected chi connectivity index (χ0v) is 24.0. The van der Waals surface area contributed by atoms with Gasteiger partial charge in [-0.2, -0.15) is 0 Å². The zero-order chi connectivity index (χ0) is 24.9. The van der Waals surface area contributed by atoms with Crippen LogP contribution < -0.4 is 4.74 Å². The first kappa shape index (κ1) is 28.5. The average Bonchev–Trinajstić information content (AvgIpc) is 2.88. The zero-order valence-electron chi connectivity index (χ0n) is 22.4. The molecule has 0 N–H and O–H groups in total. The normalized spacial score (nSPS) is 24.8. The lowest BCUT2D eigenvalue weighted by atomic mass is 9.70. The highest BCUT2D eigenvalue weighted by Gasteiger charge is 2.32. The van der Waals surface area contributed by atoms with Crippen molar-refractivity contribution in [2.45, 2.75) is 129 Å². The Balaban J connectivity index is 1.35. The predicted octanol–water partition coefficient (Wildman–Crippen LogP) is 9.90. The molecule has 1 aromatic carbocycles. The molecule has 0 heterocycles. The second-order valence-electron chi connectivity index (χ2n) is 11.1. The maximum absolute atomic E-state index is 12.8. The van der Waals surface area contributed by atoms with Gasteiger partial charge < -0.3 is 9.47 Å². The summed E-state index contributed by atoms with van der Waals surface area (Å²) < 4.78 is 12.7. The van der Waals surface area contributed by atoms with Crippen LogP contribution in [0.3, 0.4) is 0 Å². The molecular formula is C31H49BrO3. The van der Waals surface area contributed by atoms with Crippen molar-refractivity contribution in [3.63, 3.8) is 0 Å². The van der Waals surface area contributed by atoms with Crippen LogP contribution in [0.15, 0.2) is 22.7 Å². The van der Waals surface area contributed by atoms with Crippen molar-refractivity contribution >= 4 is 21.9 Å². The third kappa shape index (κ3) is 9.74. The highest BCUT2D eigenvalue weighted by molar-refractivity contribution is 9.10. The van der Waals surface area contributed by atoms with Gasteiger partial charge in [-0.1, -0.05) is 78.1 Å². The van der Waals surface area contributed by atoms with E-state index >= 15 is 0 Å². The molecule has 2 fully saturated rings. The fraction of sp³-hybridized carbons (Fsp3) is 0.774. The summed E-state index contributed by atoms with van der Waals surface area (Å²) >= 11 is 3.58. The van der Waals surface area contributed by atoms with Crippen LogP contribution >= 0.6 is 15.9 Å². The van der Waals surface area contributed by atoms with Gasteiger partial charge in [-0.05, 0) is 96.8 Å². The van der Waals surface area contributed by atoms with Crippen molar-refractivity contribution in [3.05, 3.63) is 28.2 Å². The molecular weight excluding hydrogens is 500 g/mol. The number of esters is 1. The summed E-state index contributed by atoms with van der Waals surface area (Å²) in [5.41, 5.74) is 0.608. The van der Waals surface area contributed by atoms with Gasteiger partial charge in [0.1, 0.15) is 11.9 Å². The predicted molar refractivity (Wildman–Crippen MR) is 149 cm³/mol. The molecule has 0 radical (unpaired) electrons. The first-order valence-electron chi connectivity index (χ1n) is 14.7. The smallest absolute Gasteiger partial charge is 0.338 e. The van der Waals surface area contributed by atoms with Crippen LogP contribution in [-0.4, -0.2) is 18.7 Å². The van der Waals surface area contributed by atoms with E-state index in [2.05, 4.69) is 29.8 Å². The lowest BCUT2D eigenvalue weighted by molar-refractivity contribution is 0.0109. The topological polar surface area (TPSA) is 35.5 Å². The fourth-order valence-corrected chi connectivity index (χ4v) is 6.64. The molecule has 198 valence electrons. The lowest BCUT2D eigenvalue weighted by Crippen LogP contribution is -2.29. The third-order valence-corrected chi connectivity index (χ3v) is 9.06. The molecule has 0 amide bonds. The van der Waals surface area contributed by atoms with Gasteiger partial charge in [0.2, 0.25) is 0 Å². The Bertz CT molecular complexity index is 733. The van der Waals surface area contributed by atoms with E-state index in [0.717, 1.165) is 53.8 Å². The van der Waals surface area contributed by atoms with Crippen LogP contribution in [0.2, 0.25) is 0 Å². The Morgan fingerprint density at radius 3 is 2.11 bits per heavy atom. The summed E-state index contributed by atoms with van der Waals surface area (Å²) in [6, 6.07) is 5.58. The quantitative estimate of drug-likeness (QED) is 0.171. The Hall–Kier alpha value is -1.03. The van der Waals surface area contributed by atoms with E-state index < -0.39 is 0 Å². The molecule has 0 aromatic heterocycles. The van der Waals surface area contributed by atoms with E-state index in [0.29, 0.717) is 5.56 Å². The molecule has 0 unspecified atom stereocenters. The average molecular weight is 550 g/mol. The number of hydrogen-bond acceptors (Lipinski definition) is 3. The highest BCUT2D eigenvalue weighted by Crippen LogP contribution is 2.41. The van der Waals surface area contributed by atoms with E-state index in [9.17, 15) is 4.79 Å². The van der Waals surface area contributed by atoms with Crippen LogP contribution in [0.4, 0.5) is 0 Å². The summed E-state index contributed by atoms with van der Waals surface area (Å²) in [5.74, 6) is 3.34. The van der Waals surface area contributed by atoms with Crippen molar-refractivity contribution in [2.24, 2.45) is 17.8 Å². The first-order valence-corrected chi connectivity index (χ1v) is 15.5. The minimum Gasteiger partial charge on any atom is -0.492 e. The second-order valence-corrected chi connectivity index (χ2v) is 12.0. The van der Waals surface area contributed by atoms with Crippen LogP contribution in [0.25, 0.3) is 0 Å². The Kier molecular flexibility index (Phi) is 13.0. The SMILES string of the molecule is CCCCCCCCOc1ccc(C(=O)OC2CCC(C3CCC(CCCC)CC3)CC2)cc1Br. The van der Waals surface area contributed by atoms with E-state index in [1.807, 2.05) is 18.2 Å². The largest absolute Gasteiger partial charge is 0.492 e. The molecule has 0 atom stereocenters. The van der Waals surface area contributed by atoms with Gasteiger partial charge in [-0.25, -0.2) is 4.79 Å². The first-order chi connectivity index (χ1) is 17.1. The minimum atomic E-state index is -0.201. The summed E-state index contributed by atoms with van der Waals surface area (Å²) in [4.78, 5) is 12.8. The maximum Gasteiger partial charge on any atom is 0.338 e. The van der Waals surface area contributed by atoms with Gasteiger partial charge in [-0.3, -0.25) is 0 Å².